The molecule has 0 amide bonds. The maximum Gasteiger partial charge on any atom is 0.347 e. The zero-order valence-electron chi connectivity index (χ0n) is 13.9. The molecule has 0 aliphatic heterocycles. The molecule has 0 radical (unpaired) electrons. The molecule has 0 saturated heterocycles. The van der Waals surface area contributed by atoms with E-state index in [1.54, 1.807) is 18.6 Å². The van der Waals surface area contributed by atoms with Gasteiger partial charge in [-0.25, -0.2) is 19.3 Å². The van der Waals surface area contributed by atoms with Crippen LogP contribution in [0.15, 0.2) is 35.5 Å². The Bertz CT molecular complexity index is 879. The van der Waals surface area contributed by atoms with Crippen LogP contribution in [0.2, 0.25) is 0 Å². The van der Waals surface area contributed by atoms with Gasteiger partial charge in [0, 0.05) is 17.8 Å². The number of pyridine rings is 1. The monoisotopic (exact) mass is 328 g/mol. The fourth-order valence-electron chi connectivity index (χ4n) is 2.16. The summed E-state index contributed by atoms with van der Waals surface area (Å²) in [6.07, 6.45) is 5.07. The standard InChI is InChI=1S/C16H20N6O2/c1-16(2,3)12-10-22-14(20-21-15(22)23)13(19-12)18-7-8-24-11-5-4-6-17-9-11/h4-6,9-10H,7-8H2,1-3H3,(H,18,19)(H,21,23). The van der Waals surface area contributed by atoms with Crippen LogP contribution in [-0.2, 0) is 5.41 Å². The summed E-state index contributed by atoms with van der Waals surface area (Å²) in [5.41, 5.74) is 0.796. The summed E-state index contributed by atoms with van der Waals surface area (Å²) in [6.45, 7) is 7.09. The molecule has 0 aromatic carbocycles. The molecule has 0 saturated carbocycles. The number of aromatic nitrogens is 5. The summed E-state index contributed by atoms with van der Waals surface area (Å²) in [5, 5.41) is 9.66. The Morgan fingerprint density at radius 2 is 2.21 bits per heavy atom. The lowest BCUT2D eigenvalue weighted by Gasteiger charge is -2.19. The number of nitrogens with one attached hydrogen (secondary N) is 2. The van der Waals surface area contributed by atoms with Gasteiger partial charge >= 0.3 is 5.69 Å². The van der Waals surface area contributed by atoms with Crippen molar-refractivity contribution in [1.82, 2.24) is 24.6 Å². The van der Waals surface area contributed by atoms with Gasteiger partial charge in [-0.15, -0.1) is 5.10 Å². The van der Waals surface area contributed by atoms with Gasteiger partial charge in [-0.1, -0.05) is 20.8 Å². The van der Waals surface area contributed by atoms with Crippen molar-refractivity contribution in [2.24, 2.45) is 0 Å². The normalized spacial score (nSPS) is 11.6. The number of rotatable bonds is 5. The zero-order chi connectivity index (χ0) is 17.2. The lowest BCUT2D eigenvalue weighted by molar-refractivity contribution is 0.331. The minimum Gasteiger partial charge on any atom is -0.490 e. The quantitative estimate of drug-likeness (QED) is 0.691. The molecule has 0 atom stereocenters. The van der Waals surface area contributed by atoms with Crippen LogP contribution in [0.4, 0.5) is 5.82 Å². The molecular weight excluding hydrogens is 308 g/mol. The van der Waals surface area contributed by atoms with Crippen molar-refractivity contribution >= 4 is 11.5 Å². The zero-order valence-corrected chi connectivity index (χ0v) is 13.9. The highest BCUT2D eigenvalue weighted by Crippen LogP contribution is 2.22. The third-order valence-corrected chi connectivity index (χ3v) is 3.47. The summed E-state index contributed by atoms with van der Waals surface area (Å²) in [4.78, 5) is 20.5. The van der Waals surface area contributed by atoms with E-state index in [0.717, 1.165) is 5.69 Å². The van der Waals surface area contributed by atoms with Gasteiger partial charge in [0.1, 0.15) is 12.4 Å². The van der Waals surface area contributed by atoms with E-state index in [4.69, 9.17) is 4.74 Å². The highest BCUT2D eigenvalue weighted by molar-refractivity contribution is 5.62. The summed E-state index contributed by atoms with van der Waals surface area (Å²) in [7, 11) is 0. The number of ether oxygens (including phenoxy) is 1. The molecule has 3 aromatic rings. The van der Waals surface area contributed by atoms with Crippen molar-refractivity contribution in [3.63, 3.8) is 0 Å². The van der Waals surface area contributed by atoms with Crippen LogP contribution < -0.4 is 15.7 Å². The Labute approximate surface area is 138 Å². The summed E-state index contributed by atoms with van der Waals surface area (Å²) in [5.74, 6) is 1.26. The molecule has 2 N–H and O–H groups in total. The Hall–Kier alpha value is -2.90. The number of hydrogen-bond acceptors (Lipinski definition) is 6. The predicted molar refractivity (Wildman–Crippen MR) is 90.5 cm³/mol. The first-order valence-electron chi connectivity index (χ1n) is 7.70. The van der Waals surface area contributed by atoms with Crippen molar-refractivity contribution in [3.05, 3.63) is 46.9 Å². The maximum atomic E-state index is 11.9. The van der Waals surface area contributed by atoms with Crippen LogP contribution in [0.25, 0.3) is 5.65 Å². The van der Waals surface area contributed by atoms with Crippen molar-refractivity contribution in [2.75, 3.05) is 18.5 Å². The van der Waals surface area contributed by atoms with Gasteiger partial charge in [0.2, 0.25) is 5.65 Å². The SMILES string of the molecule is CC(C)(C)c1cn2c(=O)[nH]nc2c(NCCOc2cccnc2)n1. The first-order valence-corrected chi connectivity index (χ1v) is 7.70. The number of H-pyrrole nitrogens is 1. The summed E-state index contributed by atoms with van der Waals surface area (Å²) in [6, 6.07) is 3.66. The third-order valence-electron chi connectivity index (χ3n) is 3.47. The Balaban J connectivity index is 1.77. The lowest BCUT2D eigenvalue weighted by atomic mass is 9.93. The van der Waals surface area contributed by atoms with E-state index in [9.17, 15) is 4.79 Å². The number of nitrogens with zero attached hydrogens (tertiary/aromatic N) is 4. The number of fused-ring (bicyclic) bond motifs is 1. The first-order chi connectivity index (χ1) is 11.4. The highest BCUT2D eigenvalue weighted by Gasteiger charge is 2.19. The van der Waals surface area contributed by atoms with E-state index in [1.807, 2.05) is 32.9 Å². The summed E-state index contributed by atoms with van der Waals surface area (Å²) < 4.78 is 7.06. The molecule has 0 bridgehead atoms. The fraction of sp³-hybridized carbons (Fsp3) is 0.375. The van der Waals surface area contributed by atoms with E-state index in [2.05, 4.69) is 25.5 Å². The topological polar surface area (TPSA) is 97.2 Å². The largest absolute Gasteiger partial charge is 0.490 e. The lowest BCUT2D eigenvalue weighted by Crippen LogP contribution is -2.20. The predicted octanol–water partition coefficient (Wildman–Crippen LogP) is 1.60. The molecule has 126 valence electrons. The number of aromatic amines is 1. The van der Waals surface area contributed by atoms with Crippen LogP contribution in [-0.4, -0.2) is 37.7 Å². The molecule has 24 heavy (non-hydrogen) atoms. The van der Waals surface area contributed by atoms with Crippen LogP contribution in [0.5, 0.6) is 5.75 Å². The molecular formula is C16H20N6O2. The number of anilines is 1. The summed E-state index contributed by atoms with van der Waals surface area (Å²) >= 11 is 0. The van der Waals surface area contributed by atoms with Crippen molar-refractivity contribution < 1.29 is 4.74 Å². The van der Waals surface area contributed by atoms with E-state index >= 15 is 0 Å². The van der Waals surface area contributed by atoms with Gasteiger partial charge in [-0.2, -0.15) is 0 Å². The Morgan fingerprint density at radius 3 is 2.92 bits per heavy atom. The maximum absolute atomic E-state index is 11.9. The van der Waals surface area contributed by atoms with Gasteiger partial charge in [-0.3, -0.25) is 4.98 Å². The Morgan fingerprint density at radius 1 is 1.38 bits per heavy atom. The first kappa shape index (κ1) is 16.0. The van der Waals surface area contributed by atoms with Crippen LogP contribution >= 0.6 is 0 Å². The van der Waals surface area contributed by atoms with Crippen LogP contribution in [0.1, 0.15) is 26.5 Å². The molecule has 8 nitrogen and oxygen atoms in total. The van der Waals surface area contributed by atoms with Crippen LogP contribution in [0, 0.1) is 0 Å². The molecule has 0 aliphatic rings. The molecule has 8 heteroatoms. The molecule has 3 rings (SSSR count). The smallest absolute Gasteiger partial charge is 0.347 e. The second kappa shape index (κ2) is 6.31. The van der Waals surface area contributed by atoms with E-state index < -0.39 is 0 Å². The minimum absolute atomic E-state index is 0.187. The van der Waals surface area contributed by atoms with Crippen LogP contribution in [0.3, 0.4) is 0 Å². The third kappa shape index (κ3) is 3.37. The second-order valence-corrected chi connectivity index (χ2v) is 6.41. The molecule has 0 spiro atoms. The molecule has 0 aliphatic carbocycles. The van der Waals surface area contributed by atoms with E-state index in [-0.39, 0.29) is 11.1 Å². The molecule has 3 aromatic heterocycles. The van der Waals surface area contributed by atoms with Crippen molar-refractivity contribution in [3.8, 4) is 5.75 Å². The molecule has 0 fully saturated rings. The van der Waals surface area contributed by atoms with Crippen molar-refractivity contribution in [1.29, 1.82) is 0 Å². The van der Waals surface area contributed by atoms with Gasteiger partial charge in [0.15, 0.2) is 5.82 Å². The van der Waals surface area contributed by atoms with Crippen molar-refractivity contribution in [2.45, 2.75) is 26.2 Å². The second-order valence-electron chi connectivity index (χ2n) is 6.41. The van der Waals surface area contributed by atoms with E-state index in [0.29, 0.717) is 30.4 Å². The van der Waals surface area contributed by atoms with Gasteiger partial charge < -0.3 is 10.1 Å². The average Bonchev–Trinajstić information content (AvgIpc) is 2.93. The highest BCUT2D eigenvalue weighted by atomic mass is 16.5. The molecule has 3 heterocycles. The van der Waals surface area contributed by atoms with Gasteiger partial charge in [0.25, 0.3) is 0 Å². The van der Waals surface area contributed by atoms with Gasteiger partial charge in [0.05, 0.1) is 18.4 Å². The van der Waals surface area contributed by atoms with E-state index in [1.165, 1.54) is 4.40 Å². The Kier molecular flexibility index (Phi) is 4.20. The van der Waals surface area contributed by atoms with Gasteiger partial charge in [-0.05, 0) is 12.1 Å². The number of hydrogen-bond donors (Lipinski definition) is 2. The average molecular weight is 328 g/mol. The molecule has 0 unspecified atom stereocenters. The minimum atomic E-state index is -0.285. The fourth-order valence-corrected chi connectivity index (χ4v) is 2.16.